The number of aromatic nitrogens is 2. The fourth-order valence-corrected chi connectivity index (χ4v) is 2.57. The minimum absolute atomic E-state index is 0.0399. The number of nitrogens with zero attached hydrogens (tertiary/aromatic N) is 3. The first kappa shape index (κ1) is 17.7. The fraction of sp³-hybridized carbons (Fsp3) is 0.250. The minimum atomic E-state index is 0.0399. The summed E-state index contributed by atoms with van der Waals surface area (Å²) in [5, 5.41) is 0. The third-order valence-electron chi connectivity index (χ3n) is 4.05. The number of carbonyl (C=O) groups excluding carboxylic acids is 1. The maximum absolute atomic E-state index is 12.3. The van der Waals surface area contributed by atoms with Gasteiger partial charge in [0, 0.05) is 44.4 Å². The van der Waals surface area contributed by atoms with Crippen LogP contribution in [-0.4, -0.2) is 34.9 Å². The first-order valence-corrected chi connectivity index (χ1v) is 8.37. The lowest BCUT2D eigenvalue weighted by Crippen LogP contribution is -2.26. The van der Waals surface area contributed by atoms with E-state index >= 15 is 0 Å². The van der Waals surface area contributed by atoms with Crippen molar-refractivity contribution >= 4 is 5.91 Å². The molecule has 0 aliphatic rings. The van der Waals surface area contributed by atoms with Crippen molar-refractivity contribution in [2.45, 2.75) is 19.4 Å². The van der Waals surface area contributed by atoms with Crippen molar-refractivity contribution in [3.63, 3.8) is 0 Å². The monoisotopic (exact) mass is 351 g/mol. The second-order valence-corrected chi connectivity index (χ2v) is 5.96. The van der Waals surface area contributed by atoms with Crippen molar-refractivity contribution in [1.82, 2.24) is 14.9 Å². The number of hydrogen-bond donors (Lipinski definition) is 0. The summed E-state index contributed by atoms with van der Waals surface area (Å²) in [5.74, 6) is 2.06. The van der Waals surface area contributed by atoms with Crippen molar-refractivity contribution in [1.29, 1.82) is 0 Å². The average molecular weight is 351 g/mol. The molecule has 0 N–H and O–H groups in total. The number of ether oxygens (including phenoxy) is 1. The number of benzene rings is 1. The van der Waals surface area contributed by atoms with Crippen LogP contribution in [-0.2, 0) is 17.8 Å². The van der Waals surface area contributed by atoms with E-state index in [4.69, 9.17) is 9.15 Å². The molecule has 2 heterocycles. The third-order valence-corrected chi connectivity index (χ3v) is 4.05. The molecule has 0 unspecified atom stereocenters. The van der Waals surface area contributed by atoms with Gasteiger partial charge in [-0.1, -0.05) is 6.07 Å². The van der Waals surface area contributed by atoms with Gasteiger partial charge in [-0.05, 0) is 35.9 Å². The molecule has 1 amide bonds. The van der Waals surface area contributed by atoms with Crippen molar-refractivity contribution in [3.05, 3.63) is 66.4 Å². The smallest absolute Gasteiger partial charge is 0.223 e. The molecule has 0 radical (unpaired) electrons. The second-order valence-electron chi connectivity index (χ2n) is 5.96. The van der Waals surface area contributed by atoms with Crippen LogP contribution in [0.3, 0.4) is 0 Å². The number of amides is 1. The zero-order valence-electron chi connectivity index (χ0n) is 14.9. The summed E-state index contributed by atoms with van der Waals surface area (Å²) in [7, 11) is 3.41. The van der Waals surface area contributed by atoms with Crippen molar-refractivity contribution in [2.75, 3.05) is 14.2 Å². The van der Waals surface area contributed by atoms with Gasteiger partial charge in [0.25, 0.3) is 0 Å². The molecule has 0 aliphatic carbocycles. The largest absolute Gasteiger partial charge is 0.497 e. The predicted molar refractivity (Wildman–Crippen MR) is 97.5 cm³/mol. The van der Waals surface area contributed by atoms with E-state index in [1.54, 1.807) is 37.6 Å². The lowest BCUT2D eigenvalue weighted by atomic mass is 10.2. The first-order valence-electron chi connectivity index (χ1n) is 8.37. The number of oxazole rings is 1. The van der Waals surface area contributed by atoms with Crippen LogP contribution in [0.4, 0.5) is 0 Å². The van der Waals surface area contributed by atoms with Crippen LogP contribution >= 0.6 is 0 Å². The Kier molecular flexibility index (Phi) is 5.63. The average Bonchev–Trinajstić information content (AvgIpc) is 3.16. The molecule has 0 fully saturated rings. The van der Waals surface area contributed by atoms with E-state index in [9.17, 15) is 4.79 Å². The Bertz CT molecular complexity index is 844. The molecule has 134 valence electrons. The van der Waals surface area contributed by atoms with Gasteiger partial charge in [0.05, 0.1) is 13.3 Å². The number of pyridine rings is 1. The highest BCUT2D eigenvalue weighted by molar-refractivity contribution is 5.76. The van der Waals surface area contributed by atoms with Gasteiger partial charge in [-0.3, -0.25) is 9.78 Å². The van der Waals surface area contributed by atoms with Gasteiger partial charge in [-0.15, -0.1) is 0 Å². The topological polar surface area (TPSA) is 68.5 Å². The SMILES string of the molecule is COc1ccc(-c2cnc(CCC(=O)N(C)Cc3cccnc3)o2)cc1. The van der Waals surface area contributed by atoms with Crippen molar-refractivity contribution in [2.24, 2.45) is 0 Å². The summed E-state index contributed by atoms with van der Waals surface area (Å²) in [6, 6.07) is 11.4. The third kappa shape index (κ3) is 4.47. The lowest BCUT2D eigenvalue weighted by Gasteiger charge is -2.16. The number of carbonyl (C=O) groups is 1. The molecule has 2 aromatic heterocycles. The maximum atomic E-state index is 12.3. The van der Waals surface area contributed by atoms with Gasteiger partial charge < -0.3 is 14.1 Å². The van der Waals surface area contributed by atoms with Gasteiger partial charge in [-0.2, -0.15) is 0 Å². The second kappa shape index (κ2) is 8.29. The van der Waals surface area contributed by atoms with Gasteiger partial charge in [0.15, 0.2) is 11.7 Å². The van der Waals surface area contributed by atoms with E-state index in [2.05, 4.69) is 9.97 Å². The number of methoxy groups -OCH3 is 1. The number of rotatable bonds is 7. The molecule has 3 rings (SSSR count). The van der Waals surface area contributed by atoms with Gasteiger partial charge in [0.2, 0.25) is 5.91 Å². The van der Waals surface area contributed by atoms with Gasteiger partial charge in [0.1, 0.15) is 5.75 Å². The standard InChI is InChI=1S/C20H21N3O3/c1-23(14-15-4-3-11-21-12-15)20(24)10-9-19-22-13-18(26-19)16-5-7-17(25-2)8-6-16/h3-8,11-13H,9-10,14H2,1-2H3. The van der Waals surface area contributed by atoms with E-state index in [0.717, 1.165) is 16.9 Å². The summed E-state index contributed by atoms with van der Waals surface area (Å²) in [5.41, 5.74) is 1.92. The quantitative estimate of drug-likeness (QED) is 0.653. The van der Waals surface area contributed by atoms with Crippen LogP contribution in [0.5, 0.6) is 5.75 Å². The van der Waals surface area contributed by atoms with Crippen LogP contribution < -0.4 is 4.74 Å². The lowest BCUT2D eigenvalue weighted by molar-refractivity contribution is -0.130. The molecule has 0 aliphatic heterocycles. The Morgan fingerprint density at radius 3 is 2.69 bits per heavy atom. The molecule has 0 bridgehead atoms. The maximum Gasteiger partial charge on any atom is 0.223 e. The summed E-state index contributed by atoms with van der Waals surface area (Å²) >= 11 is 0. The highest BCUT2D eigenvalue weighted by Gasteiger charge is 2.12. The number of aryl methyl sites for hydroxylation is 1. The molecular formula is C20H21N3O3. The molecular weight excluding hydrogens is 330 g/mol. The van der Waals surface area contributed by atoms with E-state index < -0.39 is 0 Å². The van der Waals surface area contributed by atoms with Gasteiger partial charge in [-0.25, -0.2) is 4.98 Å². The molecule has 1 aromatic carbocycles. The van der Waals surface area contributed by atoms with Crippen LogP contribution in [0, 0.1) is 0 Å². The van der Waals surface area contributed by atoms with Crippen LogP contribution in [0.2, 0.25) is 0 Å². The molecule has 0 atom stereocenters. The zero-order chi connectivity index (χ0) is 18.4. The normalized spacial score (nSPS) is 10.5. The van der Waals surface area contributed by atoms with E-state index in [-0.39, 0.29) is 5.91 Å². The Balaban J connectivity index is 1.54. The zero-order valence-corrected chi connectivity index (χ0v) is 14.9. The van der Waals surface area contributed by atoms with E-state index in [1.807, 2.05) is 36.4 Å². The molecule has 26 heavy (non-hydrogen) atoms. The van der Waals surface area contributed by atoms with E-state index in [0.29, 0.717) is 31.0 Å². The Morgan fingerprint density at radius 1 is 1.19 bits per heavy atom. The van der Waals surface area contributed by atoms with Crippen LogP contribution in [0.1, 0.15) is 17.9 Å². The summed E-state index contributed by atoms with van der Waals surface area (Å²) in [6.07, 6.45) is 5.97. The summed E-state index contributed by atoms with van der Waals surface area (Å²) < 4.78 is 10.9. The molecule has 0 spiro atoms. The predicted octanol–water partition coefficient (Wildman–Crippen LogP) is 3.34. The minimum Gasteiger partial charge on any atom is -0.497 e. The number of hydrogen-bond acceptors (Lipinski definition) is 5. The van der Waals surface area contributed by atoms with Crippen molar-refractivity contribution in [3.8, 4) is 17.1 Å². The highest BCUT2D eigenvalue weighted by atomic mass is 16.5. The molecule has 0 saturated carbocycles. The molecule has 6 heteroatoms. The Morgan fingerprint density at radius 2 is 2.00 bits per heavy atom. The van der Waals surface area contributed by atoms with Crippen molar-refractivity contribution < 1.29 is 13.9 Å². The Hall–Kier alpha value is -3.15. The Labute approximate surface area is 152 Å². The highest BCUT2D eigenvalue weighted by Crippen LogP contribution is 2.23. The van der Waals surface area contributed by atoms with Crippen LogP contribution in [0.15, 0.2) is 59.4 Å². The fourth-order valence-electron chi connectivity index (χ4n) is 2.57. The first-order chi connectivity index (χ1) is 12.7. The van der Waals surface area contributed by atoms with E-state index in [1.165, 1.54) is 0 Å². The molecule has 6 nitrogen and oxygen atoms in total. The summed E-state index contributed by atoms with van der Waals surface area (Å²) in [4.78, 5) is 22.3. The summed E-state index contributed by atoms with van der Waals surface area (Å²) in [6.45, 7) is 0.537. The van der Waals surface area contributed by atoms with Crippen LogP contribution in [0.25, 0.3) is 11.3 Å². The molecule has 3 aromatic rings. The van der Waals surface area contributed by atoms with Gasteiger partial charge >= 0.3 is 0 Å². The molecule has 0 saturated heterocycles.